The van der Waals surface area contributed by atoms with E-state index in [1.807, 2.05) is 20.8 Å². The lowest BCUT2D eigenvalue weighted by atomic mass is 10.1. The maximum atomic E-state index is 11.2. The molecule has 0 aliphatic rings. The third kappa shape index (κ3) is 5.13. The lowest BCUT2D eigenvalue weighted by molar-refractivity contribution is -0.124. The van der Waals surface area contributed by atoms with E-state index in [0.29, 0.717) is 6.54 Å². The van der Waals surface area contributed by atoms with E-state index in [4.69, 9.17) is 5.73 Å². The molecule has 0 rings (SSSR count). The molecule has 2 unspecified atom stereocenters. The van der Waals surface area contributed by atoms with Gasteiger partial charge in [-0.1, -0.05) is 13.8 Å². The summed E-state index contributed by atoms with van der Waals surface area (Å²) in [5, 5.41) is 2.85. The highest BCUT2D eigenvalue weighted by molar-refractivity contribution is 5.78. The second kappa shape index (κ2) is 6.00. The van der Waals surface area contributed by atoms with Gasteiger partial charge in [-0.3, -0.25) is 4.79 Å². The van der Waals surface area contributed by atoms with E-state index >= 15 is 0 Å². The van der Waals surface area contributed by atoms with Crippen molar-refractivity contribution in [2.24, 2.45) is 11.7 Å². The summed E-state index contributed by atoms with van der Waals surface area (Å²) in [5.41, 5.74) is 5.54. The summed E-state index contributed by atoms with van der Waals surface area (Å²) in [6.07, 6.45) is 1.74. The number of nitrogens with one attached hydrogen (secondary N) is 1. The van der Waals surface area contributed by atoms with Gasteiger partial charge in [0.1, 0.15) is 0 Å². The average molecular weight is 172 g/mol. The molecule has 12 heavy (non-hydrogen) atoms. The summed E-state index contributed by atoms with van der Waals surface area (Å²) >= 11 is 0. The minimum absolute atomic E-state index is 0.123. The largest absolute Gasteiger partial charge is 0.356 e. The topological polar surface area (TPSA) is 55.1 Å². The fourth-order valence-electron chi connectivity index (χ4n) is 0.783. The summed E-state index contributed by atoms with van der Waals surface area (Å²) in [5.74, 6) is 0.260. The van der Waals surface area contributed by atoms with Gasteiger partial charge in [-0.05, 0) is 19.8 Å². The van der Waals surface area contributed by atoms with E-state index in [2.05, 4.69) is 5.32 Å². The highest BCUT2D eigenvalue weighted by atomic mass is 16.1. The molecule has 3 nitrogen and oxygen atoms in total. The number of carbonyl (C=O) groups excluding carboxylic acids is 1. The molecule has 0 aromatic heterocycles. The molecule has 0 saturated heterocycles. The van der Waals surface area contributed by atoms with Crippen molar-refractivity contribution in [3.63, 3.8) is 0 Å². The van der Waals surface area contributed by atoms with Gasteiger partial charge in [-0.15, -0.1) is 0 Å². The molecule has 3 N–H and O–H groups in total. The molecule has 0 aliphatic heterocycles. The summed E-state index contributed by atoms with van der Waals surface area (Å²) in [6, 6.07) is 0.169. The Labute approximate surface area is 74.7 Å². The summed E-state index contributed by atoms with van der Waals surface area (Å²) in [6.45, 7) is 6.58. The zero-order chi connectivity index (χ0) is 9.56. The second-order valence-electron chi connectivity index (χ2n) is 3.37. The molecular formula is C9H20N2O. The Morgan fingerprint density at radius 3 is 2.50 bits per heavy atom. The molecule has 2 atom stereocenters. The van der Waals surface area contributed by atoms with Crippen LogP contribution in [0.15, 0.2) is 0 Å². The maximum Gasteiger partial charge on any atom is 0.222 e. The minimum Gasteiger partial charge on any atom is -0.356 e. The predicted octanol–water partition coefficient (Wildman–Crippen LogP) is 0.886. The summed E-state index contributed by atoms with van der Waals surface area (Å²) < 4.78 is 0. The van der Waals surface area contributed by atoms with E-state index in [1.54, 1.807) is 0 Å². The van der Waals surface area contributed by atoms with Gasteiger partial charge >= 0.3 is 0 Å². The number of nitrogens with two attached hydrogens (primary N) is 1. The van der Waals surface area contributed by atoms with Crippen LogP contribution in [-0.2, 0) is 4.79 Å². The first-order chi connectivity index (χ1) is 5.57. The van der Waals surface area contributed by atoms with Crippen LogP contribution in [-0.4, -0.2) is 18.5 Å². The van der Waals surface area contributed by atoms with Crippen molar-refractivity contribution in [3.8, 4) is 0 Å². The molecule has 3 heteroatoms. The van der Waals surface area contributed by atoms with Gasteiger partial charge in [0.25, 0.3) is 0 Å². The monoisotopic (exact) mass is 172 g/mol. The first-order valence-electron chi connectivity index (χ1n) is 4.61. The summed E-state index contributed by atoms with van der Waals surface area (Å²) in [4.78, 5) is 11.2. The van der Waals surface area contributed by atoms with Crippen LogP contribution in [0.2, 0.25) is 0 Å². The lowest BCUT2D eigenvalue weighted by Gasteiger charge is -2.10. The van der Waals surface area contributed by atoms with Crippen LogP contribution in [0.5, 0.6) is 0 Å². The molecule has 0 bridgehead atoms. The van der Waals surface area contributed by atoms with Crippen molar-refractivity contribution >= 4 is 5.91 Å². The molecule has 0 aliphatic carbocycles. The Morgan fingerprint density at radius 2 is 2.08 bits per heavy atom. The van der Waals surface area contributed by atoms with Crippen LogP contribution in [0.1, 0.15) is 33.6 Å². The van der Waals surface area contributed by atoms with E-state index in [9.17, 15) is 4.79 Å². The molecule has 0 fully saturated rings. The first kappa shape index (κ1) is 11.4. The van der Waals surface area contributed by atoms with E-state index < -0.39 is 0 Å². The molecule has 0 aromatic rings. The lowest BCUT2D eigenvalue weighted by Crippen LogP contribution is -2.32. The highest BCUT2D eigenvalue weighted by Crippen LogP contribution is 1.99. The molecule has 1 amide bonds. The third-order valence-corrected chi connectivity index (χ3v) is 1.96. The predicted molar refractivity (Wildman–Crippen MR) is 50.7 cm³/mol. The fourth-order valence-corrected chi connectivity index (χ4v) is 0.783. The molecule has 0 spiro atoms. The Balaban J connectivity index is 3.44. The van der Waals surface area contributed by atoms with Gasteiger partial charge in [0.15, 0.2) is 0 Å². The van der Waals surface area contributed by atoms with Gasteiger partial charge in [0, 0.05) is 18.5 Å². The maximum absolute atomic E-state index is 11.2. The Kier molecular flexibility index (Phi) is 5.72. The van der Waals surface area contributed by atoms with E-state index in [-0.39, 0.29) is 17.9 Å². The van der Waals surface area contributed by atoms with E-state index in [1.165, 1.54) is 0 Å². The molecule has 0 radical (unpaired) electrons. The third-order valence-electron chi connectivity index (χ3n) is 1.96. The van der Waals surface area contributed by atoms with Gasteiger partial charge < -0.3 is 11.1 Å². The quantitative estimate of drug-likeness (QED) is 0.647. The van der Waals surface area contributed by atoms with Gasteiger partial charge in [-0.2, -0.15) is 0 Å². The Morgan fingerprint density at radius 1 is 1.50 bits per heavy atom. The number of carbonyl (C=O) groups is 1. The van der Waals surface area contributed by atoms with Gasteiger partial charge in [-0.25, -0.2) is 0 Å². The number of rotatable bonds is 5. The fraction of sp³-hybridized carbons (Fsp3) is 0.889. The van der Waals surface area contributed by atoms with Crippen LogP contribution < -0.4 is 11.1 Å². The SMILES string of the molecule is CCC(C)C(=O)NCCC(C)N. The normalized spacial score (nSPS) is 15.3. The molecule has 0 aromatic carbocycles. The Bertz CT molecular complexity index is 134. The second-order valence-corrected chi connectivity index (χ2v) is 3.37. The van der Waals surface area contributed by atoms with Crippen molar-refractivity contribution in [1.29, 1.82) is 0 Å². The average Bonchev–Trinajstić information content (AvgIpc) is 2.02. The van der Waals surface area contributed by atoms with Gasteiger partial charge in [0.05, 0.1) is 0 Å². The van der Waals surface area contributed by atoms with Crippen molar-refractivity contribution in [2.45, 2.75) is 39.7 Å². The highest BCUT2D eigenvalue weighted by Gasteiger charge is 2.08. The zero-order valence-corrected chi connectivity index (χ0v) is 8.26. The van der Waals surface area contributed by atoms with Crippen molar-refractivity contribution in [2.75, 3.05) is 6.54 Å². The van der Waals surface area contributed by atoms with Crippen LogP contribution >= 0.6 is 0 Å². The van der Waals surface area contributed by atoms with Crippen LogP contribution in [0, 0.1) is 5.92 Å². The minimum atomic E-state index is 0.123. The Hall–Kier alpha value is -0.570. The summed E-state index contributed by atoms with van der Waals surface area (Å²) in [7, 11) is 0. The van der Waals surface area contributed by atoms with Crippen LogP contribution in [0.4, 0.5) is 0 Å². The van der Waals surface area contributed by atoms with Crippen molar-refractivity contribution in [3.05, 3.63) is 0 Å². The van der Waals surface area contributed by atoms with Gasteiger partial charge in [0.2, 0.25) is 5.91 Å². The number of hydrogen-bond acceptors (Lipinski definition) is 2. The molecule has 0 saturated carbocycles. The van der Waals surface area contributed by atoms with Crippen molar-refractivity contribution in [1.82, 2.24) is 5.32 Å². The number of hydrogen-bond donors (Lipinski definition) is 2. The van der Waals surface area contributed by atoms with Crippen molar-refractivity contribution < 1.29 is 4.79 Å². The molecule has 72 valence electrons. The van der Waals surface area contributed by atoms with Crippen LogP contribution in [0.25, 0.3) is 0 Å². The standard InChI is InChI=1S/C9H20N2O/c1-4-7(2)9(12)11-6-5-8(3)10/h7-8H,4-6,10H2,1-3H3,(H,11,12). The number of amides is 1. The van der Waals surface area contributed by atoms with E-state index in [0.717, 1.165) is 12.8 Å². The first-order valence-corrected chi connectivity index (χ1v) is 4.61. The molecule has 0 heterocycles. The zero-order valence-electron chi connectivity index (χ0n) is 8.26. The molecular weight excluding hydrogens is 152 g/mol. The van der Waals surface area contributed by atoms with Crippen LogP contribution in [0.3, 0.4) is 0 Å². The smallest absolute Gasteiger partial charge is 0.222 e.